The van der Waals surface area contributed by atoms with Crippen LogP contribution in [0.2, 0.25) is 0 Å². The summed E-state index contributed by atoms with van der Waals surface area (Å²) in [5.74, 6) is 1.27. The fraction of sp³-hybridized carbons (Fsp3) is 0.217. The van der Waals surface area contributed by atoms with Crippen molar-refractivity contribution in [2.75, 3.05) is 0 Å². The number of pyridine rings is 1. The van der Waals surface area contributed by atoms with E-state index >= 15 is 0 Å². The number of benzene rings is 1. The van der Waals surface area contributed by atoms with Crippen molar-refractivity contribution in [2.24, 2.45) is 0 Å². The Balaban J connectivity index is 1.83. The average molecular weight is 440 g/mol. The lowest BCUT2D eigenvalue weighted by molar-refractivity contribution is -0.137. The van der Waals surface area contributed by atoms with Crippen LogP contribution in [0.4, 0.5) is 13.2 Å². The molecule has 0 radical (unpaired) electrons. The van der Waals surface area contributed by atoms with E-state index in [-0.39, 0.29) is 10.9 Å². The minimum absolute atomic E-state index is 0.141. The Morgan fingerprint density at radius 3 is 2.52 bits per heavy atom. The van der Waals surface area contributed by atoms with Gasteiger partial charge in [0.1, 0.15) is 17.2 Å². The van der Waals surface area contributed by atoms with Gasteiger partial charge in [0.25, 0.3) is 0 Å². The second-order valence-corrected chi connectivity index (χ2v) is 9.41. The number of imidazole rings is 1. The molecular formula is C23H19F3N4S. The van der Waals surface area contributed by atoms with E-state index in [4.69, 9.17) is 0 Å². The summed E-state index contributed by atoms with van der Waals surface area (Å²) in [6.45, 7) is 6.33. The zero-order valence-electron chi connectivity index (χ0n) is 17.1. The van der Waals surface area contributed by atoms with Gasteiger partial charge in [0.2, 0.25) is 0 Å². The van der Waals surface area contributed by atoms with Gasteiger partial charge in [-0.15, -0.1) is 11.3 Å². The predicted molar refractivity (Wildman–Crippen MR) is 118 cm³/mol. The van der Waals surface area contributed by atoms with Gasteiger partial charge in [0.05, 0.1) is 5.56 Å². The van der Waals surface area contributed by atoms with E-state index in [1.807, 2.05) is 46.3 Å². The molecule has 0 fully saturated rings. The molecule has 0 atom stereocenters. The topological polar surface area (TPSA) is 46.5 Å². The van der Waals surface area contributed by atoms with E-state index in [0.29, 0.717) is 17.3 Å². The van der Waals surface area contributed by atoms with Crippen LogP contribution in [0.15, 0.2) is 54.0 Å². The summed E-state index contributed by atoms with van der Waals surface area (Å²) >= 11 is 1.61. The molecule has 0 aliphatic rings. The molecule has 0 spiro atoms. The molecule has 158 valence electrons. The van der Waals surface area contributed by atoms with E-state index in [0.717, 1.165) is 33.6 Å². The number of para-hydroxylation sites is 1. The maximum atomic E-state index is 13.3. The number of hydrogen-bond donors (Lipinski definition) is 1. The van der Waals surface area contributed by atoms with Crippen molar-refractivity contribution in [3.63, 3.8) is 0 Å². The second-order valence-electron chi connectivity index (χ2n) is 8.49. The van der Waals surface area contributed by atoms with Crippen molar-refractivity contribution in [1.82, 2.24) is 19.5 Å². The molecule has 0 saturated heterocycles. The lowest BCUT2D eigenvalue weighted by Gasteiger charge is -2.19. The fourth-order valence-electron chi connectivity index (χ4n) is 3.77. The smallest absolute Gasteiger partial charge is 0.341 e. The molecule has 31 heavy (non-hydrogen) atoms. The third-order valence-electron chi connectivity index (χ3n) is 5.17. The summed E-state index contributed by atoms with van der Waals surface area (Å²) in [7, 11) is 0. The van der Waals surface area contributed by atoms with Crippen LogP contribution in [0, 0.1) is 0 Å². The number of nitrogens with zero attached hydrogens (tertiary/aromatic N) is 3. The first kappa shape index (κ1) is 19.8. The maximum Gasteiger partial charge on any atom is 0.417 e. The summed E-state index contributed by atoms with van der Waals surface area (Å²) in [6.07, 6.45) is -3.61. The number of thiophene rings is 1. The molecule has 4 nitrogen and oxygen atoms in total. The lowest BCUT2D eigenvalue weighted by atomic mass is 9.91. The number of rotatable bonds is 2. The number of alkyl halides is 3. The normalized spacial score (nSPS) is 12.8. The molecule has 1 N–H and O–H groups in total. The summed E-state index contributed by atoms with van der Waals surface area (Å²) in [6, 6.07) is 12.8. The van der Waals surface area contributed by atoms with Gasteiger partial charge < -0.3 is 4.98 Å². The SMILES string of the molecule is CC(C)(C)c1sccc1-c1nc2cc(C(F)(F)F)cnc2n1-c1cc2ccccc2[nH]1. The van der Waals surface area contributed by atoms with Gasteiger partial charge in [0.15, 0.2) is 5.65 Å². The zero-order valence-corrected chi connectivity index (χ0v) is 17.9. The van der Waals surface area contributed by atoms with E-state index < -0.39 is 11.7 Å². The van der Waals surface area contributed by atoms with Gasteiger partial charge >= 0.3 is 6.18 Å². The van der Waals surface area contributed by atoms with Gasteiger partial charge in [-0.05, 0) is 35.1 Å². The lowest BCUT2D eigenvalue weighted by Crippen LogP contribution is -2.11. The Labute approximate surface area is 180 Å². The van der Waals surface area contributed by atoms with Crippen molar-refractivity contribution < 1.29 is 13.2 Å². The van der Waals surface area contributed by atoms with Crippen LogP contribution in [0.3, 0.4) is 0 Å². The number of fused-ring (bicyclic) bond motifs is 2. The number of nitrogens with one attached hydrogen (secondary N) is 1. The molecule has 4 aromatic heterocycles. The van der Waals surface area contributed by atoms with Crippen molar-refractivity contribution in [3.8, 4) is 17.2 Å². The van der Waals surface area contributed by atoms with Crippen molar-refractivity contribution in [3.05, 3.63) is 64.5 Å². The number of hydrogen-bond acceptors (Lipinski definition) is 3. The Bertz CT molecular complexity index is 1380. The van der Waals surface area contributed by atoms with E-state index in [2.05, 4.69) is 35.7 Å². The highest BCUT2D eigenvalue weighted by Gasteiger charge is 2.32. The van der Waals surface area contributed by atoms with Crippen molar-refractivity contribution >= 4 is 33.4 Å². The molecule has 0 aliphatic carbocycles. The maximum absolute atomic E-state index is 13.3. The van der Waals surface area contributed by atoms with E-state index in [1.54, 1.807) is 11.3 Å². The Hall–Kier alpha value is -3.13. The van der Waals surface area contributed by atoms with Crippen LogP contribution in [0.5, 0.6) is 0 Å². The molecule has 0 saturated carbocycles. The summed E-state index contributed by atoms with van der Waals surface area (Å²) in [5, 5.41) is 2.98. The highest BCUT2D eigenvalue weighted by atomic mass is 32.1. The van der Waals surface area contributed by atoms with Crippen LogP contribution in [-0.2, 0) is 11.6 Å². The number of aromatic nitrogens is 4. The molecule has 5 aromatic rings. The minimum Gasteiger partial charge on any atom is -0.341 e. The third-order valence-corrected chi connectivity index (χ3v) is 6.51. The molecular weight excluding hydrogens is 421 g/mol. The van der Waals surface area contributed by atoms with E-state index in [9.17, 15) is 13.2 Å². The van der Waals surface area contributed by atoms with Crippen LogP contribution in [0.1, 0.15) is 31.2 Å². The number of aromatic amines is 1. The standard InChI is InChI=1S/C23H19F3N4S/c1-22(2,3)19-15(8-9-31-19)20-29-17-11-14(23(24,25)26)12-27-21(17)30(20)18-10-13-6-4-5-7-16(13)28-18/h4-12,28H,1-3H3. The van der Waals surface area contributed by atoms with Crippen molar-refractivity contribution in [2.45, 2.75) is 32.4 Å². The Morgan fingerprint density at radius 1 is 1.03 bits per heavy atom. The van der Waals surface area contributed by atoms with Crippen LogP contribution in [-0.4, -0.2) is 19.5 Å². The molecule has 0 bridgehead atoms. The minimum atomic E-state index is -4.48. The van der Waals surface area contributed by atoms with Crippen molar-refractivity contribution in [1.29, 1.82) is 0 Å². The summed E-state index contributed by atoms with van der Waals surface area (Å²) in [5.41, 5.74) is 1.45. The van der Waals surface area contributed by atoms with Gasteiger partial charge in [-0.1, -0.05) is 39.0 Å². The highest BCUT2D eigenvalue weighted by molar-refractivity contribution is 7.10. The van der Waals surface area contributed by atoms with Crippen LogP contribution < -0.4 is 0 Å². The average Bonchev–Trinajstić information content (AvgIpc) is 3.40. The van der Waals surface area contributed by atoms with Crippen LogP contribution in [0.25, 0.3) is 39.3 Å². The molecule has 4 heterocycles. The Kier molecular flexibility index (Phi) is 4.27. The van der Waals surface area contributed by atoms with Gasteiger partial charge in [-0.25, -0.2) is 9.97 Å². The van der Waals surface area contributed by atoms with Crippen LogP contribution >= 0.6 is 11.3 Å². The first-order valence-electron chi connectivity index (χ1n) is 9.75. The summed E-state index contributed by atoms with van der Waals surface area (Å²) < 4.78 is 41.7. The monoisotopic (exact) mass is 440 g/mol. The number of H-pyrrole nitrogens is 1. The first-order valence-corrected chi connectivity index (χ1v) is 10.6. The number of halogens is 3. The molecule has 1 aromatic carbocycles. The first-order chi connectivity index (χ1) is 14.6. The third kappa shape index (κ3) is 3.31. The van der Waals surface area contributed by atoms with Gasteiger partial charge in [-0.2, -0.15) is 13.2 Å². The highest BCUT2D eigenvalue weighted by Crippen LogP contribution is 2.40. The Morgan fingerprint density at radius 2 is 1.81 bits per heavy atom. The molecule has 8 heteroatoms. The quantitative estimate of drug-likeness (QED) is 0.323. The molecule has 0 unspecified atom stereocenters. The molecule has 5 rings (SSSR count). The van der Waals surface area contributed by atoms with Gasteiger partial charge in [-0.3, -0.25) is 4.57 Å². The largest absolute Gasteiger partial charge is 0.417 e. The zero-order chi connectivity index (χ0) is 22.0. The molecule has 0 amide bonds. The fourth-order valence-corrected chi connectivity index (χ4v) is 4.75. The molecule has 0 aliphatic heterocycles. The van der Waals surface area contributed by atoms with E-state index in [1.165, 1.54) is 0 Å². The van der Waals surface area contributed by atoms with Gasteiger partial charge in [0, 0.05) is 27.5 Å². The second kappa shape index (κ2) is 6.68. The summed E-state index contributed by atoms with van der Waals surface area (Å²) in [4.78, 5) is 13.3. The predicted octanol–water partition coefficient (Wildman–Crippen LogP) is 6.95.